The minimum atomic E-state index is 0.617. The lowest BCUT2D eigenvalue weighted by Crippen LogP contribution is -1.93. The predicted molar refractivity (Wildman–Crippen MR) is 83.7 cm³/mol. The summed E-state index contributed by atoms with van der Waals surface area (Å²) in [5.41, 5.74) is 8.74. The molecule has 110 valence electrons. The smallest absolute Gasteiger partial charge is 0.0930 e. The van der Waals surface area contributed by atoms with Crippen LogP contribution in [-0.4, -0.2) is 20.6 Å². The van der Waals surface area contributed by atoms with Crippen molar-refractivity contribution in [3.05, 3.63) is 60.7 Å². The zero-order valence-electron chi connectivity index (χ0n) is 11.6. The third-order valence-corrected chi connectivity index (χ3v) is 3.28. The molecule has 0 radical (unpaired) electrons. The molecule has 0 aliphatic heterocycles. The van der Waals surface area contributed by atoms with Crippen LogP contribution < -0.4 is 11.0 Å². The SMILES string of the molecule is ONc1ccc(-c2ccc(-c3ccc(NO)cc3)nn2)cc1. The van der Waals surface area contributed by atoms with Crippen molar-refractivity contribution >= 4 is 11.4 Å². The average molecular weight is 294 g/mol. The first-order valence-corrected chi connectivity index (χ1v) is 6.65. The summed E-state index contributed by atoms with van der Waals surface area (Å²) in [6.45, 7) is 0. The molecular weight excluding hydrogens is 280 g/mol. The van der Waals surface area contributed by atoms with Crippen molar-refractivity contribution in [1.82, 2.24) is 10.2 Å². The van der Waals surface area contributed by atoms with Gasteiger partial charge in [-0.25, -0.2) is 0 Å². The van der Waals surface area contributed by atoms with Crippen molar-refractivity contribution in [3.63, 3.8) is 0 Å². The first-order chi connectivity index (χ1) is 10.8. The molecular formula is C16H14N4O2. The van der Waals surface area contributed by atoms with E-state index in [4.69, 9.17) is 10.4 Å². The Bertz CT molecular complexity index is 674. The van der Waals surface area contributed by atoms with E-state index in [-0.39, 0.29) is 0 Å². The highest BCUT2D eigenvalue weighted by atomic mass is 16.5. The van der Waals surface area contributed by atoms with E-state index in [1.165, 1.54) is 0 Å². The van der Waals surface area contributed by atoms with Gasteiger partial charge in [-0.05, 0) is 36.4 Å². The third kappa shape index (κ3) is 2.88. The van der Waals surface area contributed by atoms with Gasteiger partial charge in [0.2, 0.25) is 0 Å². The highest BCUT2D eigenvalue weighted by Crippen LogP contribution is 2.22. The molecule has 0 aliphatic carbocycles. The fraction of sp³-hybridized carbons (Fsp3) is 0. The van der Waals surface area contributed by atoms with Gasteiger partial charge in [0.15, 0.2) is 0 Å². The number of rotatable bonds is 4. The maximum absolute atomic E-state index is 8.80. The number of nitrogens with one attached hydrogen (secondary N) is 2. The first-order valence-electron chi connectivity index (χ1n) is 6.65. The molecule has 0 saturated carbocycles. The van der Waals surface area contributed by atoms with Crippen molar-refractivity contribution in [3.8, 4) is 22.5 Å². The summed E-state index contributed by atoms with van der Waals surface area (Å²) in [5, 5.41) is 26.1. The highest BCUT2D eigenvalue weighted by molar-refractivity contribution is 5.66. The number of aromatic nitrogens is 2. The van der Waals surface area contributed by atoms with E-state index in [9.17, 15) is 0 Å². The summed E-state index contributed by atoms with van der Waals surface area (Å²) < 4.78 is 0. The maximum atomic E-state index is 8.80. The predicted octanol–water partition coefficient (Wildman–Crippen LogP) is 3.41. The largest absolute Gasteiger partial charge is 0.291 e. The molecule has 0 bridgehead atoms. The number of hydrogen-bond donors (Lipinski definition) is 4. The molecule has 4 N–H and O–H groups in total. The Morgan fingerprint density at radius 2 is 0.909 bits per heavy atom. The molecule has 3 aromatic rings. The monoisotopic (exact) mass is 294 g/mol. The van der Waals surface area contributed by atoms with Gasteiger partial charge in [-0.2, -0.15) is 0 Å². The minimum Gasteiger partial charge on any atom is -0.291 e. The second-order valence-electron chi connectivity index (χ2n) is 4.68. The van der Waals surface area contributed by atoms with Crippen molar-refractivity contribution in [2.24, 2.45) is 0 Å². The second-order valence-corrected chi connectivity index (χ2v) is 4.68. The molecule has 3 rings (SSSR count). The molecule has 0 amide bonds. The molecule has 0 atom stereocenters. The van der Waals surface area contributed by atoms with Gasteiger partial charge in [0.25, 0.3) is 0 Å². The lowest BCUT2D eigenvalue weighted by Gasteiger charge is -2.05. The van der Waals surface area contributed by atoms with Crippen LogP contribution in [-0.2, 0) is 0 Å². The van der Waals surface area contributed by atoms with Gasteiger partial charge >= 0.3 is 0 Å². The molecule has 0 fully saturated rings. The van der Waals surface area contributed by atoms with Gasteiger partial charge in [-0.3, -0.25) is 21.4 Å². The van der Waals surface area contributed by atoms with Crippen LogP contribution in [0.1, 0.15) is 0 Å². The number of hydrogen-bond acceptors (Lipinski definition) is 6. The Balaban J connectivity index is 1.84. The Morgan fingerprint density at radius 3 is 1.18 bits per heavy atom. The number of anilines is 2. The second kappa shape index (κ2) is 6.21. The minimum absolute atomic E-state index is 0.617. The fourth-order valence-corrected chi connectivity index (χ4v) is 2.07. The van der Waals surface area contributed by atoms with E-state index in [1.54, 1.807) is 24.3 Å². The quantitative estimate of drug-likeness (QED) is 0.551. The van der Waals surface area contributed by atoms with E-state index in [0.717, 1.165) is 22.5 Å². The molecule has 1 aromatic heterocycles. The number of nitrogens with zero attached hydrogens (tertiary/aromatic N) is 2. The topological polar surface area (TPSA) is 90.3 Å². The Morgan fingerprint density at radius 1 is 0.545 bits per heavy atom. The van der Waals surface area contributed by atoms with Crippen LogP contribution >= 0.6 is 0 Å². The van der Waals surface area contributed by atoms with Crippen LogP contribution in [0.2, 0.25) is 0 Å². The zero-order valence-corrected chi connectivity index (χ0v) is 11.6. The van der Waals surface area contributed by atoms with Crippen LogP contribution in [0.3, 0.4) is 0 Å². The summed E-state index contributed by atoms with van der Waals surface area (Å²) in [5.74, 6) is 0. The molecule has 0 spiro atoms. The molecule has 6 heteroatoms. The van der Waals surface area contributed by atoms with E-state index in [0.29, 0.717) is 11.4 Å². The molecule has 0 unspecified atom stereocenters. The van der Waals surface area contributed by atoms with Crippen LogP contribution in [0.5, 0.6) is 0 Å². The lowest BCUT2D eigenvalue weighted by atomic mass is 10.1. The molecule has 2 aromatic carbocycles. The fourth-order valence-electron chi connectivity index (χ4n) is 2.07. The van der Waals surface area contributed by atoms with Gasteiger partial charge in [0.1, 0.15) is 0 Å². The van der Waals surface area contributed by atoms with Gasteiger partial charge < -0.3 is 0 Å². The molecule has 0 aliphatic rings. The third-order valence-electron chi connectivity index (χ3n) is 3.28. The Hall–Kier alpha value is -2.96. The summed E-state index contributed by atoms with van der Waals surface area (Å²) in [6, 6.07) is 18.2. The Kier molecular flexibility index (Phi) is 3.95. The molecule has 1 heterocycles. The first kappa shape index (κ1) is 14.0. The van der Waals surface area contributed by atoms with Gasteiger partial charge in [0, 0.05) is 11.1 Å². The normalized spacial score (nSPS) is 10.3. The molecule has 0 saturated heterocycles. The van der Waals surface area contributed by atoms with E-state index < -0.39 is 0 Å². The zero-order chi connectivity index (χ0) is 15.4. The van der Waals surface area contributed by atoms with Crippen LogP contribution in [0.4, 0.5) is 11.4 Å². The van der Waals surface area contributed by atoms with Crippen molar-refractivity contribution in [1.29, 1.82) is 0 Å². The summed E-state index contributed by atoms with van der Waals surface area (Å²) in [4.78, 5) is 0. The lowest BCUT2D eigenvalue weighted by molar-refractivity contribution is 0.388. The van der Waals surface area contributed by atoms with Gasteiger partial charge in [0.05, 0.1) is 22.8 Å². The number of benzene rings is 2. The standard InChI is InChI=1S/C16H14N4O2/c21-19-13-5-1-11(2-6-13)15-9-10-16(18-17-15)12-3-7-14(20-22)8-4-12/h1-10,19-22H. The van der Waals surface area contributed by atoms with E-state index >= 15 is 0 Å². The molecule has 6 nitrogen and oxygen atoms in total. The summed E-state index contributed by atoms with van der Waals surface area (Å²) in [6.07, 6.45) is 0. The van der Waals surface area contributed by atoms with E-state index in [2.05, 4.69) is 21.2 Å². The molecule has 22 heavy (non-hydrogen) atoms. The van der Waals surface area contributed by atoms with Crippen molar-refractivity contribution < 1.29 is 10.4 Å². The van der Waals surface area contributed by atoms with Gasteiger partial charge in [-0.15, -0.1) is 10.2 Å². The maximum Gasteiger partial charge on any atom is 0.0930 e. The highest BCUT2D eigenvalue weighted by Gasteiger charge is 2.04. The van der Waals surface area contributed by atoms with E-state index in [1.807, 2.05) is 36.4 Å². The Labute approximate surface area is 127 Å². The van der Waals surface area contributed by atoms with Crippen LogP contribution in [0.25, 0.3) is 22.5 Å². The summed E-state index contributed by atoms with van der Waals surface area (Å²) >= 11 is 0. The summed E-state index contributed by atoms with van der Waals surface area (Å²) in [7, 11) is 0. The van der Waals surface area contributed by atoms with Crippen LogP contribution in [0.15, 0.2) is 60.7 Å². The van der Waals surface area contributed by atoms with Crippen molar-refractivity contribution in [2.75, 3.05) is 11.0 Å². The average Bonchev–Trinajstić information content (AvgIpc) is 2.62. The van der Waals surface area contributed by atoms with Crippen LogP contribution in [0, 0.1) is 0 Å². The van der Waals surface area contributed by atoms with Gasteiger partial charge in [-0.1, -0.05) is 24.3 Å². The van der Waals surface area contributed by atoms with Crippen molar-refractivity contribution in [2.45, 2.75) is 0 Å².